The maximum Gasteiger partial charge on any atom is 0.321 e. The average Bonchev–Trinajstić information content (AvgIpc) is 3.15. The van der Waals surface area contributed by atoms with Gasteiger partial charge in [-0.3, -0.25) is 19.7 Å². The highest BCUT2D eigenvalue weighted by Gasteiger charge is 2.38. The summed E-state index contributed by atoms with van der Waals surface area (Å²) in [5, 5.41) is 5.03. The van der Waals surface area contributed by atoms with Gasteiger partial charge in [-0.2, -0.15) is 0 Å². The molecule has 4 amide bonds. The minimum absolute atomic E-state index is 0.0351. The normalized spacial score (nSPS) is 20.3. The van der Waals surface area contributed by atoms with Gasteiger partial charge in [0.2, 0.25) is 5.91 Å². The molecule has 1 aliphatic heterocycles. The SMILES string of the molecule is CCc1ccccc1N1C[C@H](C(=O)O[C@H](C)C(=O)NC(=O)NC2CCCCC2)CC1=O. The third-order valence-corrected chi connectivity index (χ3v) is 5.96. The first kappa shape index (κ1) is 22.8. The molecular formula is C23H31N3O5. The molecule has 0 radical (unpaired) electrons. The predicted molar refractivity (Wildman–Crippen MR) is 115 cm³/mol. The van der Waals surface area contributed by atoms with Gasteiger partial charge in [-0.1, -0.05) is 44.4 Å². The number of hydrogen-bond acceptors (Lipinski definition) is 5. The van der Waals surface area contributed by atoms with Crippen LogP contribution in [0.2, 0.25) is 0 Å². The quantitative estimate of drug-likeness (QED) is 0.677. The van der Waals surface area contributed by atoms with Crippen LogP contribution in [0.15, 0.2) is 24.3 Å². The van der Waals surface area contributed by atoms with Crippen molar-refractivity contribution in [1.29, 1.82) is 0 Å². The maximum atomic E-state index is 12.6. The Morgan fingerprint density at radius 2 is 1.87 bits per heavy atom. The lowest BCUT2D eigenvalue weighted by atomic mass is 9.96. The van der Waals surface area contributed by atoms with Crippen LogP contribution in [0.5, 0.6) is 0 Å². The summed E-state index contributed by atoms with van der Waals surface area (Å²) in [5.74, 6) is -2.09. The summed E-state index contributed by atoms with van der Waals surface area (Å²) in [6.07, 6.45) is 4.77. The number of carbonyl (C=O) groups excluding carboxylic acids is 4. The Hall–Kier alpha value is -2.90. The van der Waals surface area contributed by atoms with E-state index in [1.807, 2.05) is 31.2 Å². The van der Waals surface area contributed by atoms with E-state index in [2.05, 4.69) is 10.6 Å². The minimum atomic E-state index is -1.13. The summed E-state index contributed by atoms with van der Waals surface area (Å²) in [6, 6.07) is 7.10. The molecule has 1 aromatic carbocycles. The van der Waals surface area contributed by atoms with Crippen LogP contribution in [0.1, 0.15) is 57.9 Å². The first-order valence-corrected chi connectivity index (χ1v) is 11.1. The molecule has 0 bridgehead atoms. The Morgan fingerprint density at radius 3 is 2.58 bits per heavy atom. The molecule has 1 aromatic rings. The van der Waals surface area contributed by atoms with Crippen molar-refractivity contribution in [1.82, 2.24) is 10.6 Å². The summed E-state index contributed by atoms with van der Waals surface area (Å²) in [5.41, 5.74) is 1.83. The fraction of sp³-hybridized carbons (Fsp3) is 0.565. The molecule has 2 N–H and O–H groups in total. The maximum absolute atomic E-state index is 12.6. The first-order valence-electron chi connectivity index (χ1n) is 11.1. The van der Waals surface area contributed by atoms with Crippen LogP contribution in [0.25, 0.3) is 0 Å². The van der Waals surface area contributed by atoms with Gasteiger partial charge in [0.05, 0.1) is 5.92 Å². The van der Waals surface area contributed by atoms with Crippen molar-refractivity contribution < 1.29 is 23.9 Å². The Labute approximate surface area is 182 Å². The predicted octanol–water partition coefficient (Wildman–Crippen LogP) is 2.69. The van der Waals surface area contributed by atoms with Gasteiger partial charge in [-0.15, -0.1) is 0 Å². The van der Waals surface area contributed by atoms with Gasteiger partial charge in [0.1, 0.15) is 0 Å². The van der Waals surface area contributed by atoms with Gasteiger partial charge in [-0.25, -0.2) is 4.79 Å². The lowest BCUT2D eigenvalue weighted by molar-refractivity contribution is -0.158. The molecule has 3 rings (SSSR count). The van der Waals surface area contributed by atoms with E-state index in [1.54, 1.807) is 4.90 Å². The van der Waals surface area contributed by atoms with Gasteiger partial charge in [-0.05, 0) is 37.8 Å². The molecule has 0 unspecified atom stereocenters. The number of nitrogens with zero attached hydrogens (tertiary/aromatic N) is 1. The minimum Gasteiger partial charge on any atom is -0.452 e. The summed E-state index contributed by atoms with van der Waals surface area (Å²) < 4.78 is 5.27. The standard InChI is InChI=1S/C23H31N3O5/c1-3-16-9-7-8-12-19(16)26-14-17(13-20(26)27)22(29)31-15(2)21(28)25-23(30)24-18-10-5-4-6-11-18/h7-9,12,15,17-18H,3-6,10-11,13-14H2,1-2H3,(H2,24,25,28,30)/t15-,17-/m1/s1. The third kappa shape index (κ3) is 5.83. The number of rotatable bonds is 6. The van der Waals surface area contributed by atoms with Crippen LogP contribution in [-0.2, 0) is 25.5 Å². The molecule has 2 aliphatic rings. The van der Waals surface area contributed by atoms with Crippen molar-refractivity contribution in [2.45, 2.75) is 70.9 Å². The Bertz CT molecular complexity index is 834. The second kappa shape index (κ2) is 10.4. The number of carbonyl (C=O) groups is 4. The van der Waals surface area contributed by atoms with Crippen molar-refractivity contribution in [3.8, 4) is 0 Å². The van der Waals surface area contributed by atoms with Crippen LogP contribution in [0, 0.1) is 5.92 Å². The Morgan fingerprint density at radius 1 is 1.16 bits per heavy atom. The van der Waals surface area contributed by atoms with Crippen molar-refractivity contribution in [2.24, 2.45) is 5.92 Å². The molecular weight excluding hydrogens is 398 g/mol. The van der Waals surface area contributed by atoms with Gasteiger partial charge < -0.3 is 15.0 Å². The summed E-state index contributed by atoms with van der Waals surface area (Å²) in [7, 11) is 0. The molecule has 0 spiro atoms. The van der Waals surface area contributed by atoms with Crippen molar-refractivity contribution >= 4 is 29.5 Å². The number of amides is 4. The molecule has 0 aromatic heterocycles. The lowest BCUT2D eigenvalue weighted by Gasteiger charge is -2.23. The molecule has 8 nitrogen and oxygen atoms in total. The fourth-order valence-corrected chi connectivity index (χ4v) is 4.18. The highest BCUT2D eigenvalue weighted by atomic mass is 16.5. The number of imide groups is 1. The van der Waals surface area contributed by atoms with Crippen molar-refractivity contribution in [3.63, 3.8) is 0 Å². The molecule has 2 atom stereocenters. The number of ether oxygens (including phenoxy) is 1. The summed E-state index contributed by atoms with van der Waals surface area (Å²) in [4.78, 5) is 50.9. The van der Waals surface area contributed by atoms with E-state index in [0.717, 1.165) is 49.8 Å². The number of esters is 1. The van der Waals surface area contributed by atoms with Crippen LogP contribution < -0.4 is 15.5 Å². The second-order valence-corrected chi connectivity index (χ2v) is 8.26. The Balaban J connectivity index is 1.50. The fourth-order valence-electron chi connectivity index (χ4n) is 4.18. The van der Waals surface area contributed by atoms with E-state index >= 15 is 0 Å². The van der Waals surface area contributed by atoms with E-state index in [9.17, 15) is 19.2 Å². The van der Waals surface area contributed by atoms with E-state index in [-0.39, 0.29) is 24.9 Å². The van der Waals surface area contributed by atoms with Gasteiger partial charge in [0.15, 0.2) is 6.10 Å². The summed E-state index contributed by atoms with van der Waals surface area (Å²) >= 11 is 0. The van der Waals surface area contributed by atoms with Crippen LogP contribution >= 0.6 is 0 Å². The number of anilines is 1. The van der Waals surface area contributed by atoms with Crippen LogP contribution in [0.3, 0.4) is 0 Å². The highest BCUT2D eigenvalue weighted by molar-refractivity contribution is 6.01. The molecule has 1 saturated heterocycles. The number of urea groups is 1. The van der Waals surface area contributed by atoms with Gasteiger partial charge in [0.25, 0.3) is 5.91 Å². The largest absolute Gasteiger partial charge is 0.452 e. The smallest absolute Gasteiger partial charge is 0.321 e. The van der Waals surface area contributed by atoms with E-state index in [0.29, 0.717) is 0 Å². The molecule has 8 heteroatoms. The van der Waals surface area contributed by atoms with E-state index in [4.69, 9.17) is 4.74 Å². The third-order valence-electron chi connectivity index (χ3n) is 5.96. The number of nitrogens with one attached hydrogen (secondary N) is 2. The monoisotopic (exact) mass is 429 g/mol. The number of benzene rings is 1. The number of aryl methyl sites for hydroxylation is 1. The van der Waals surface area contributed by atoms with Crippen molar-refractivity contribution in [2.75, 3.05) is 11.4 Å². The molecule has 2 fully saturated rings. The highest BCUT2D eigenvalue weighted by Crippen LogP contribution is 2.29. The lowest BCUT2D eigenvalue weighted by Crippen LogP contribution is -2.48. The molecule has 1 aliphatic carbocycles. The van der Waals surface area contributed by atoms with Crippen LogP contribution in [-0.4, -0.2) is 42.5 Å². The first-order chi connectivity index (χ1) is 14.9. The Kier molecular flexibility index (Phi) is 7.65. The topological polar surface area (TPSA) is 105 Å². The zero-order chi connectivity index (χ0) is 22.4. The van der Waals surface area contributed by atoms with Gasteiger partial charge >= 0.3 is 12.0 Å². The van der Waals surface area contributed by atoms with Crippen molar-refractivity contribution in [3.05, 3.63) is 29.8 Å². The zero-order valence-corrected chi connectivity index (χ0v) is 18.2. The zero-order valence-electron chi connectivity index (χ0n) is 18.2. The average molecular weight is 430 g/mol. The molecule has 168 valence electrons. The molecule has 1 heterocycles. The number of para-hydroxylation sites is 1. The van der Waals surface area contributed by atoms with E-state index in [1.165, 1.54) is 6.92 Å². The number of hydrogen-bond donors (Lipinski definition) is 2. The summed E-state index contributed by atoms with van der Waals surface area (Å²) in [6.45, 7) is 3.64. The second-order valence-electron chi connectivity index (χ2n) is 8.26. The van der Waals surface area contributed by atoms with Gasteiger partial charge in [0, 0.05) is 24.7 Å². The van der Waals surface area contributed by atoms with E-state index < -0.39 is 29.9 Å². The molecule has 1 saturated carbocycles. The molecule has 31 heavy (non-hydrogen) atoms. The van der Waals surface area contributed by atoms with Crippen LogP contribution in [0.4, 0.5) is 10.5 Å².